The largest absolute Gasteiger partial charge is 0.356 e. The van der Waals surface area contributed by atoms with E-state index < -0.39 is 0 Å². The maximum atomic E-state index is 12.1. The van der Waals surface area contributed by atoms with E-state index in [1.807, 2.05) is 24.3 Å². The van der Waals surface area contributed by atoms with Crippen LogP contribution in [0.2, 0.25) is 0 Å². The molecule has 1 saturated heterocycles. The molecule has 1 aromatic heterocycles. The van der Waals surface area contributed by atoms with Gasteiger partial charge in [-0.3, -0.25) is 4.79 Å². The van der Waals surface area contributed by atoms with Crippen LogP contribution in [0.3, 0.4) is 0 Å². The van der Waals surface area contributed by atoms with Crippen molar-refractivity contribution in [1.29, 1.82) is 0 Å². The van der Waals surface area contributed by atoms with Gasteiger partial charge in [0.15, 0.2) is 5.58 Å². The molecule has 1 aromatic carbocycles. The lowest BCUT2D eigenvalue weighted by atomic mass is 10.0. The van der Waals surface area contributed by atoms with Gasteiger partial charge in [0.25, 0.3) is 0 Å². The molecule has 2 aromatic rings. The minimum absolute atomic E-state index is 0. The van der Waals surface area contributed by atoms with Crippen LogP contribution in [-0.2, 0) is 11.2 Å². The van der Waals surface area contributed by atoms with Gasteiger partial charge in [0.05, 0.1) is 6.42 Å². The van der Waals surface area contributed by atoms with Gasteiger partial charge in [-0.15, -0.1) is 12.4 Å². The zero-order chi connectivity index (χ0) is 13.9. The van der Waals surface area contributed by atoms with Crippen LogP contribution in [-0.4, -0.2) is 29.7 Å². The lowest BCUT2D eigenvalue weighted by Gasteiger charge is -2.28. The van der Waals surface area contributed by atoms with E-state index in [0.717, 1.165) is 30.4 Å². The summed E-state index contributed by atoms with van der Waals surface area (Å²) in [5, 5.41) is 11.4. The first-order valence-electron chi connectivity index (χ1n) is 7.08. The molecule has 0 radical (unpaired) electrons. The molecule has 0 saturated carbocycles. The second kappa shape index (κ2) is 6.91. The molecule has 2 N–H and O–H groups in total. The first kappa shape index (κ1) is 15.8. The van der Waals surface area contributed by atoms with Crippen LogP contribution in [0.15, 0.2) is 28.8 Å². The highest BCUT2D eigenvalue weighted by atomic mass is 35.5. The third-order valence-electron chi connectivity index (χ3n) is 3.77. The topological polar surface area (TPSA) is 67.2 Å². The summed E-state index contributed by atoms with van der Waals surface area (Å²) in [6.07, 6.45) is 2.23. The monoisotopic (exact) mass is 309 g/mol. The standard InChI is InChI=1S/C15H19N3O2.ClH/c1-10-8-11(6-7-16-10)17-15(19)9-13-12-4-2-3-5-14(12)20-18-13;/h2-5,10-11,16H,6-9H2,1H3,(H,17,19);1H. The van der Waals surface area contributed by atoms with E-state index in [-0.39, 0.29) is 30.8 Å². The molecular formula is C15H20ClN3O2. The van der Waals surface area contributed by atoms with Crippen LogP contribution >= 0.6 is 12.4 Å². The summed E-state index contributed by atoms with van der Waals surface area (Å²) in [6, 6.07) is 8.33. The van der Waals surface area contributed by atoms with Crippen LogP contribution in [0.25, 0.3) is 11.0 Å². The number of fused-ring (bicyclic) bond motifs is 1. The molecule has 1 aliphatic heterocycles. The fraction of sp³-hybridized carbons (Fsp3) is 0.467. The fourth-order valence-corrected chi connectivity index (χ4v) is 2.76. The number of rotatable bonds is 3. The van der Waals surface area contributed by atoms with Gasteiger partial charge in [-0.05, 0) is 38.4 Å². The number of hydrogen-bond acceptors (Lipinski definition) is 4. The number of nitrogens with zero attached hydrogens (tertiary/aromatic N) is 1. The van der Waals surface area contributed by atoms with Crippen molar-refractivity contribution in [2.45, 2.75) is 38.3 Å². The summed E-state index contributed by atoms with van der Waals surface area (Å²) in [4.78, 5) is 12.1. The maximum absolute atomic E-state index is 12.1. The molecule has 3 rings (SSSR count). The van der Waals surface area contributed by atoms with Crippen molar-refractivity contribution in [3.8, 4) is 0 Å². The van der Waals surface area contributed by atoms with Gasteiger partial charge >= 0.3 is 0 Å². The average Bonchev–Trinajstić information content (AvgIpc) is 2.82. The van der Waals surface area contributed by atoms with Crippen molar-refractivity contribution in [3.05, 3.63) is 30.0 Å². The number of benzene rings is 1. The van der Waals surface area contributed by atoms with E-state index in [1.165, 1.54) is 0 Å². The molecule has 21 heavy (non-hydrogen) atoms. The molecule has 0 spiro atoms. The number of carbonyl (C=O) groups is 1. The highest BCUT2D eigenvalue weighted by molar-refractivity contribution is 5.86. The third-order valence-corrected chi connectivity index (χ3v) is 3.77. The Morgan fingerprint density at radius 2 is 2.29 bits per heavy atom. The molecule has 1 amide bonds. The Morgan fingerprint density at radius 3 is 3.10 bits per heavy atom. The van der Waals surface area contributed by atoms with Crippen LogP contribution in [0, 0.1) is 0 Å². The maximum Gasteiger partial charge on any atom is 0.226 e. The number of halogens is 1. The zero-order valence-electron chi connectivity index (χ0n) is 12.0. The van der Waals surface area contributed by atoms with Crippen LogP contribution in [0.5, 0.6) is 0 Å². The molecule has 114 valence electrons. The summed E-state index contributed by atoms with van der Waals surface area (Å²) in [7, 11) is 0. The van der Waals surface area contributed by atoms with Gasteiger partial charge in [-0.1, -0.05) is 17.3 Å². The summed E-state index contributed by atoms with van der Waals surface area (Å²) in [5.74, 6) is 0.0168. The second-order valence-electron chi connectivity index (χ2n) is 5.45. The summed E-state index contributed by atoms with van der Waals surface area (Å²) in [6.45, 7) is 3.10. The Balaban J connectivity index is 0.00000161. The molecule has 5 nitrogen and oxygen atoms in total. The van der Waals surface area contributed by atoms with E-state index in [9.17, 15) is 4.79 Å². The third kappa shape index (κ3) is 3.74. The first-order chi connectivity index (χ1) is 9.72. The first-order valence-corrected chi connectivity index (χ1v) is 7.08. The highest BCUT2D eigenvalue weighted by Gasteiger charge is 2.20. The van der Waals surface area contributed by atoms with Crippen LogP contribution < -0.4 is 10.6 Å². The Bertz CT molecular complexity index is 614. The van der Waals surface area contributed by atoms with E-state index >= 15 is 0 Å². The van der Waals surface area contributed by atoms with Gasteiger partial charge in [0.1, 0.15) is 5.69 Å². The Labute approximate surface area is 129 Å². The SMILES string of the molecule is CC1CC(NC(=O)Cc2noc3ccccc23)CCN1.Cl. The Kier molecular flexibility index (Phi) is 5.20. The zero-order valence-corrected chi connectivity index (χ0v) is 12.8. The minimum Gasteiger partial charge on any atom is -0.356 e. The molecule has 0 bridgehead atoms. The molecule has 6 heteroatoms. The smallest absolute Gasteiger partial charge is 0.226 e. The quantitative estimate of drug-likeness (QED) is 0.910. The van der Waals surface area contributed by atoms with Crippen LogP contribution in [0.1, 0.15) is 25.5 Å². The predicted octanol–water partition coefficient (Wildman–Crippen LogP) is 2.05. The Hall–Kier alpha value is -1.59. The van der Waals surface area contributed by atoms with E-state index in [1.54, 1.807) is 0 Å². The number of piperidine rings is 1. The lowest BCUT2D eigenvalue weighted by molar-refractivity contribution is -0.121. The van der Waals surface area contributed by atoms with Crippen molar-refractivity contribution in [2.75, 3.05) is 6.54 Å². The van der Waals surface area contributed by atoms with Crippen molar-refractivity contribution >= 4 is 29.3 Å². The van der Waals surface area contributed by atoms with Gasteiger partial charge in [0, 0.05) is 17.5 Å². The summed E-state index contributed by atoms with van der Waals surface area (Å²) in [5.41, 5.74) is 1.44. The lowest BCUT2D eigenvalue weighted by Crippen LogP contribution is -2.47. The van der Waals surface area contributed by atoms with E-state index in [0.29, 0.717) is 11.7 Å². The average molecular weight is 310 g/mol. The van der Waals surface area contributed by atoms with Crippen molar-refractivity contribution in [1.82, 2.24) is 15.8 Å². The number of carbonyl (C=O) groups excluding carboxylic acids is 1. The summed E-state index contributed by atoms with van der Waals surface area (Å²) >= 11 is 0. The van der Waals surface area contributed by atoms with E-state index in [4.69, 9.17) is 4.52 Å². The van der Waals surface area contributed by atoms with Gasteiger partial charge in [-0.25, -0.2) is 0 Å². The van der Waals surface area contributed by atoms with Crippen molar-refractivity contribution < 1.29 is 9.32 Å². The molecular weight excluding hydrogens is 290 g/mol. The fourth-order valence-electron chi connectivity index (χ4n) is 2.76. The second-order valence-corrected chi connectivity index (χ2v) is 5.45. The Morgan fingerprint density at radius 1 is 1.48 bits per heavy atom. The van der Waals surface area contributed by atoms with Crippen molar-refractivity contribution in [3.63, 3.8) is 0 Å². The number of aromatic nitrogens is 1. The minimum atomic E-state index is 0. The predicted molar refractivity (Wildman–Crippen MR) is 83.6 cm³/mol. The molecule has 0 aliphatic carbocycles. The highest BCUT2D eigenvalue weighted by Crippen LogP contribution is 2.18. The summed E-state index contributed by atoms with van der Waals surface area (Å²) < 4.78 is 5.22. The normalized spacial score (nSPS) is 21.8. The molecule has 1 fully saturated rings. The van der Waals surface area contributed by atoms with Gasteiger partial charge in [0.2, 0.25) is 5.91 Å². The molecule has 2 atom stereocenters. The van der Waals surface area contributed by atoms with Crippen LogP contribution in [0.4, 0.5) is 0 Å². The van der Waals surface area contributed by atoms with E-state index in [2.05, 4.69) is 22.7 Å². The van der Waals surface area contributed by atoms with Crippen molar-refractivity contribution in [2.24, 2.45) is 0 Å². The van der Waals surface area contributed by atoms with Gasteiger partial charge < -0.3 is 15.2 Å². The number of hydrogen-bond donors (Lipinski definition) is 2. The number of amides is 1. The number of para-hydroxylation sites is 1. The number of nitrogens with one attached hydrogen (secondary N) is 2. The molecule has 2 unspecified atom stereocenters. The molecule has 2 heterocycles. The molecule has 1 aliphatic rings. The van der Waals surface area contributed by atoms with Gasteiger partial charge in [-0.2, -0.15) is 0 Å².